The summed E-state index contributed by atoms with van der Waals surface area (Å²) in [6, 6.07) is 6.93. The summed E-state index contributed by atoms with van der Waals surface area (Å²) in [6.45, 7) is 3.85. The van der Waals surface area contributed by atoms with E-state index in [0.29, 0.717) is 16.5 Å². The molecule has 1 aromatic carbocycles. The minimum atomic E-state index is -0.159. The molecule has 1 aliphatic heterocycles. The highest BCUT2D eigenvalue weighted by Crippen LogP contribution is 2.20. The fourth-order valence-electron chi connectivity index (χ4n) is 2.65. The third-order valence-electron chi connectivity index (χ3n) is 3.84. The van der Waals surface area contributed by atoms with Crippen molar-refractivity contribution in [3.63, 3.8) is 0 Å². The molecule has 0 aliphatic carbocycles. The quantitative estimate of drug-likeness (QED) is 0.863. The first-order valence-electron chi connectivity index (χ1n) is 6.76. The van der Waals surface area contributed by atoms with E-state index in [4.69, 9.17) is 11.6 Å². The fourth-order valence-corrected chi connectivity index (χ4v) is 2.84. The van der Waals surface area contributed by atoms with Gasteiger partial charge in [0.1, 0.15) is 0 Å². The molecule has 104 valence electrons. The molecule has 19 heavy (non-hydrogen) atoms. The molecule has 3 nitrogen and oxygen atoms in total. The average molecular weight is 282 g/mol. The molecule has 1 N–H and O–H groups in total. The van der Waals surface area contributed by atoms with Crippen molar-refractivity contribution in [3.8, 4) is 0 Å². The van der Waals surface area contributed by atoms with Crippen LogP contribution < -0.4 is 0 Å². The van der Waals surface area contributed by atoms with Gasteiger partial charge in [-0.15, -0.1) is 0 Å². The van der Waals surface area contributed by atoms with Gasteiger partial charge < -0.3 is 5.11 Å². The van der Waals surface area contributed by atoms with Crippen LogP contribution in [0, 0.1) is 5.92 Å². The summed E-state index contributed by atoms with van der Waals surface area (Å²) in [5.41, 5.74) is 0.658. The smallest absolute Gasteiger partial charge is 0.179 e. The van der Waals surface area contributed by atoms with Crippen LogP contribution >= 0.6 is 11.6 Å². The first kappa shape index (κ1) is 14.5. The number of halogens is 1. The number of hydrogen-bond acceptors (Lipinski definition) is 3. The van der Waals surface area contributed by atoms with Gasteiger partial charge in [0.2, 0.25) is 0 Å². The van der Waals surface area contributed by atoms with E-state index < -0.39 is 0 Å². The number of Topliss-reactive ketones (excluding diaryl/α,β-unsaturated/α-hetero) is 1. The summed E-state index contributed by atoms with van der Waals surface area (Å²) in [5, 5.41) is 9.84. The largest absolute Gasteiger partial charge is 0.396 e. The van der Waals surface area contributed by atoms with E-state index in [1.54, 1.807) is 24.3 Å². The van der Waals surface area contributed by atoms with E-state index in [0.717, 1.165) is 25.9 Å². The van der Waals surface area contributed by atoms with Gasteiger partial charge in [0, 0.05) is 23.7 Å². The molecule has 1 aliphatic rings. The molecule has 1 fully saturated rings. The van der Waals surface area contributed by atoms with Crippen molar-refractivity contribution in [1.82, 2.24) is 4.90 Å². The molecule has 1 aromatic rings. The summed E-state index contributed by atoms with van der Waals surface area (Å²) in [5.74, 6) is 0.393. The number of hydrogen-bond donors (Lipinski definition) is 1. The zero-order valence-electron chi connectivity index (χ0n) is 11.2. The van der Waals surface area contributed by atoms with Gasteiger partial charge >= 0.3 is 0 Å². The van der Waals surface area contributed by atoms with Gasteiger partial charge in [0.05, 0.1) is 6.04 Å². The van der Waals surface area contributed by atoms with Crippen molar-refractivity contribution in [3.05, 3.63) is 34.9 Å². The predicted molar refractivity (Wildman–Crippen MR) is 76.6 cm³/mol. The van der Waals surface area contributed by atoms with Gasteiger partial charge in [-0.2, -0.15) is 0 Å². The van der Waals surface area contributed by atoms with Crippen LogP contribution in [0.3, 0.4) is 0 Å². The molecular formula is C15H20ClNO2. The maximum atomic E-state index is 12.4. The highest BCUT2D eigenvalue weighted by molar-refractivity contribution is 6.31. The molecule has 2 rings (SSSR count). The number of carbonyl (C=O) groups excluding carboxylic acids is 1. The van der Waals surface area contributed by atoms with E-state index in [1.165, 1.54) is 0 Å². The van der Waals surface area contributed by atoms with Crippen LogP contribution in [-0.2, 0) is 0 Å². The van der Waals surface area contributed by atoms with Gasteiger partial charge in [0.15, 0.2) is 5.78 Å². The van der Waals surface area contributed by atoms with E-state index in [9.17, 15) is 9.90 Å². The second kappa shape index (κ2) is 6.51. The molecule has 0 radical (unpaired) electrons. The molecule has 2 unspecified atom stereocenters. The number of rotatable bonds is 4. The summed E-state index contributed by atoms with van der Waals surface area (Å²) in [4.78, 5) is 14.6. The Hall–Kier alpha value is -0.900. The Kier molecular flexibility index (Phi) is 4.97. The third-order valence-corrected chi connectivity index (χ3v) is 4.08. The van der Waals surface area contributed by atoms with Crippen LogP contribution in [0.2, 0.25) is 5.02 Å². The van der Waals surface area contributed by atoms with E-state index in [2.05, 4.69) is 4.90 Å². The molecule has 2 atom stereocenters. The van der Waals surface area contributed by atoms with Crippen LogP contribution in [-0.4, -0.2) is 41.5 Å². The number of carbonyl (C=O) groups is 1. The normalized spacial score (nSPS) is 22.2. The van der Waals surface area contributed by atoms with Gasteiger partial charge in [0.25, 0.3) is 0 Å². The Morgan fingerprint density at radius 1 is 1.58 bits per heavy atom. The van der Waals surface area contributed by atoms with Crippen molar-refractivity contribution in [2.24, 2.45) is 5.92 Å². The van der Waals surface area contributed by atoms with Gasteiger partial charge in [-0.1, -0.05) is 23.7 Å². The number of nitrogens with zero attached hydrogens (tertiary/aromatic N) is 1. The maximum absolute atomic E-state index is 12.4. The van der Waals surface area contributed by atoms with Crippen LogP contribution in [0.1, 0.15) is 30.1 Å². The second-order valence-corrected chi connectivity index (χ2v) is 5.67. The lowest BCUT2D eigenvalue weighted by molar-refractivity contribution is 0.0673. The zero-order chi connectivity index (χ0) is 13.8. The van der Waals surface area contributed by atoms with E-state index in [-0.39, 0.29) is 18.4 Å². The predicted octanol–water partition coefficient (Wildman–Crippen LogP) is 2.62. The molecule has 0 saturated carbocycles. The lowest BCUT2D eigenvalue weighted by atomic mass is 9.95. The molecule has 0 aromatic heterocycles. The monoisotopic (exact) mass is 281 g/mol. The summed E-state index contributed by atoms with van der Waals surface area (Å²) < 4.78 is 0. The van der Waals surface area contributed by atoms with Crippen LogP contribution in [0.4, 0.5) is 0 Å². The number of likely N-dealkylation sites (tertiary alicyclic amines) is 1. The van der Waals surface area contributed by atoms with Gasteiger partial charge in [-0.3, -0.25) is 9.69 Å². The van der Waals surface area contributed by atoms with Gasteiger partial charge in [-0.25, -0.2) is 0 Å². The first-order chi connectivity index (χ1) is 9.11. The Bertz CT molecular complexity index is 450. The molecule has 0 spiro atoms. The Balaban J connectivity index is 2.06. The third kappa shape index (κ3) is 3.56. The number of aliphatic hydroxyl groups excluding tert-OH is 1. The summed E-state index contributed by atoms with van der Waals surface area (Å²) >= 11 is 5.93. The standard InChI is InChI=1S/C15H20ClNO2/c1-11(17-7-3-4-12(9-17)10-18)15(19)13-5-2-6-14(16)8-13/h2,5-6,8,11-12,18H,3-4,7,9-10H2,1H3. The highest BCUT2D eigenvalue weighted by Gasteiger charge is 2.27. The first-order valence-corrected chi connectivity index (χ1v) is 7.14. The van der Waals surface area contributed by atoms with Crippen molar-refractivity contribution in [2.45, 2.75) is 25.8 Å². The molecule has 1 heterocycles. The molecule has 1 saturated heterocycles. The lowest BCUT2D eigenvalue weighted by Gasteiger charge is -2.35. The Morgan fingerprint density at radius 2 is 2.37 bits per heavy atom. The van der Waals surface area contributed by atoms with Crippen molar-refractivity contribution >= 4 is 17.4 Å². The van der Waals surface area contributed by atoms with E-state index in [1.807, 2.05) is 6.92 Å². The minimum Gasteiger partial charge on any atom is -0.396 e. The Labute approximate surface area is 119 Å². The molecule has 0 amide bonds. The topological polar surface area (TPSA) is 40.5 Å². The number of aliphatic hydroxyl groups is 1. The molecular weight excluding hydrogens is 262 g/mol. The minimum absolute atomic E-state index is 0.0982. The number of benzene rings is 1. The second-order valence-electron chi connectivity index (χ2n) is 5.24. The van der Waals surface area contributed by atoms with Crippen LogP contribution in [0.5, 0.6) is 0 Å². The lowest BCUT2D eigenvalue weighted by Crippen LogP contribution is -2.45. The summed E-state index contributed by atoms with van der Waals surface area (Å²) in [6.07, 6.45) is 2.09. The van der Waals surface area contributed by atoms with Gasteiger partial charge in [-0.05, 0) is 44.4 Å². The fraction of sp³-hybridized carbons (Fsp3) is 0.533. The van der Waals surface area contributed by atoms with Crippen molar-refractivity contribution in [2.75, 3.05) is 19.7 Å². The number of ketones is 1. The zero-order valence-corrected chi connectivity index (χ0v) is 11.9. The van der Waals surface area contributed by atoms with Crippen LogP contribution in [0.25, 0.3) is 0 Å². The molecule has 0 bridgehead atoms. The van der Waals surface area contributed by atoms with Crippen LogP contribution in [0.15, 0.2) is 24.3 Å². The number of piperidine rings is 1. The summed E-state index contributed by atoms with van der Waals surface area (Å²) in [7, 11) is 0. The van der Waals surface area contributed by atoms with Crippen molar-refractivity contribution in [1.29, 1.82) is 0 Å². The maximum Gasteiger partial charge on any atom is 0.179 e. The average Bonchev–Trinajstić information content (AvgIpc) is 2.45. The molecule has 4 heteroatoms. The Morgan fingerprint density at radius 3 is 3.05 bits per heavy atom. The van der Waals surface area contributed by atoms with Crippen molar-refractivity contribution < 1.29 is 9.90 Å². The van der Waals surface area contributed by atoms with E-state index >= 15 is 0 Å². The highest BCUT2D eigenvalue weighted by atomic mass is 35.5. The SMILES string of the molecule is CC(C(=O)c1cccc(Cl)c1)N1CCCC(CO)C1.